The maximum Gasteiger partial charge on any atom is 0.0820 e. The van der Waals surface area contributed by atoms with Crippen molar-refractivity contribution < 1.29 is 0 Å². The van der Waals surface area contributed by atoms with Crippen molar-refractivity contribution in [3.63, 3.8) is 0 Å². The van der Waals surface area contributed by atoms with Gasteiger partial charge in [0.15, 0.2) is 0 Å². The lowest BCUT2D eigenvalue weighted by Gasteiger charge is -2.08. The van der Waals surface area contributed by atoms with E-state index in [2.05, 4.69) is 69.1 Å². The molecular weight excluding hydrogens is 366 g/mol. The highest BCUT2D eigenvalue weighted by Gasteiger charge is 2.04. The van der Waals surface area contributed by atoms with Gasteiger partial charge >= 0.3 is 0 Å². The Morgan fingerprint density at radius 3 is 1.50 bits per heavy atom. The molecule has 0 amide bonds. The minimum absolute atomic E-state index is 0.595. The summed E-state index contributed by atoms with van der Waals surface area (Å²) < 4.78 is 0. The molecule has 0 bridgehead atoms. The number of para-hydroxylation sites is 2. The Hall–Kier alpha value is -3.07. The Morgan fingerprint density at radius 2 is 1.07 bits per heavy atom. The van der Waals surface area contributed by atoms with Gasteiger partial charge < -0.3 is 0 Å². The van der Waals surface area contributed by atoms with Gasteiger partial charge in [-0.3, -0.25) is 9.98 Å². The van der Waals surface area contributed by atoms with Crippen LogP contribution in [-0.2, 0) is 12.8 Å². The summed E-state index contributed by atoms with van der Waals surface area (Å²) in [6.07, 6.45) is 5.71. The summed E-state index contributed by atoms with van der Waals surface area (Å²) >= 11 is 0. The van der Waals surface area contributed by atoms with Crippen LogP contribution in [0.5, 0.6) is 0 Å². The average molecular weight is 398 g/mol. The molecule has 3 heteroatoms. The topological polar surface area (TPSA) is 37.6 Å². The van der Waals surface area contributed by atoms with Gasteiger partial charge in [0.1, 0.15) is 0 Å². The highest BCUT2D eigenvalue weighted by atomic mass is 14.8. The van der Waals surface area contributed by atoms with E-state index in [1.807, 2.05) is 42.8 Å². The van der Waals surface area contributed by atoms with E-state index in [1.165, 1.54) is 11.1 Å². The quantitative estimate of drug-likeness (QED) is 0.378. The molecule has 0 atom stereocenters. The summed E-state index contributed by atoms with van der Waals surface area (Å²) in [5.74, 6) is 1.19. The van der Waals surface area contributed by atoms with Gasteiger partial charge in [0.2, 0.25) is 0 Å². The number of aliphatic imine (C=N–C) groups is 2. The third-order valence-corrected chi connectivity index (χ3v) is 4.70. The highest BCUT2D eigenvalue weighted by Crippen LogP contribution is 2.23. The molecule has 0 spiro atoms. The first-order chi connectivity index (χ1) is 14.5. The number of aromatic nitrogens is 1. The van der Waals surface area contributed by atoms with E-state index in [4.69, 9.17) is 9.98 Å². The number of pyridine rings is 1. The Labute approximate surface area is 180 Å². The smallest absolute Gasteiger partial charge is 0.0820 e. The second-order valence-electron chi connectivity index (χ2n) is 8.46. The number of nitrogens with zero attached hydrogens (tertiary/aromatic N) is 3. The van der Waals surface area contributed by atoms with Crippen molar-refractivity contribution in [3.8, 4) is 0 Å². The number of rotatable bonds is 8. The molecule has 0 unspecified atom stereocenters. The Morgan fingerprint density at radius 1 is 0.633 bits per heavy atom. The highest BCUT2D eigenvalue weighted by molar-refractivity contribution is 5.84. The third kappa shape index (κ3) is 6.48. The second-order valence-corrected chi connectivity index (χ2v) is 8.46. The molecule has 2 aromatic carbocycles. The van der Waals surface area contributed by atoms with Gasteiger partial charge in [0.05, 0.1) is 35.2 Å². The molecule has 154 valence electrons. The third-order valence-electron chi connectivity index (χ3n) is 4.70. The number of hydrogen-bond acceptors (Lipinski definition) is 3. The number of hydrogen-bond donors (Lipinski definition) is 0. The van der Waals surface area contributed by atoms with Crippen molar-refractivity contribution in [3.05, 3.63) is 89.2 Å². The fourth-order valence-electron chi connectivity index (χ4n) is 3.38. The van der Waals surface area contributed by atoms with E-state index in [1.54, 1.807) is 0 Å². The molecule has 0 fully saturated rings. The zero-order chi connectivity index (χ0) is 21.3. The molecule has 0 N–H and O–H groups in total. The lowest BCUT2D eigenvalue weighted by molar-refractivity contribution is 0.647. The largest absolute Gasteiger partial charge is 0.254 e. The van der Waals surface area contributed by atoms with Crippen molar-refractivity contribution in [2.24, 2.45) is 21.8 Å². The Bertz CT molecular complexity index is 937. The van der Waals surface area contributed by atoms with Gasteiger partial charge in [0.25, 0.3) is 0 Å². The van der Waals surface area contributed by atoms with E-state index in [-0.39, 0.29) is 0 Å². The minimum Gasteiger partial charge on any atom is -0.254 e. The van der Waals surface area contributed by atoms with Crippen LogP contribution in [0, 0.1) is 11.8 Å². The van der Waals surface area contributed by atoms with Gasteiger partial charge in [-0.1, -0.05) is 70.2 Å². The fraction of sp³-hybridized carbons (Fsp3) is 0.296. The van der Waals surface area contributed by atoms with Crippen LogP contribution in [0.4, 0.5) is 11.4 Å². The molecule has 3 nitrogen and oxygen atoms in total. The summed E-state index contributed by atoms with van der Waals surface area (Å²) in [5, 5.41) is 0. The average Bonchev–Trinajstić information content (AvgIpc) is 2.72. The molecule has 1 heterocycles. The van der Waals surface area contributed by atoms with Crippen LogP contribution in [0.3, 0.4) is 0 Å². The summed E-state index contributed by atoms with van der Waals surface area (Å²) in [6.45, 7) is 8.91. The first-order valence-electron chi connectivity index (χ1n) is 10.7. The predicted octanol–water partition coefficient (Wildman–Crippen LogP) is 6.98. The Kier molecular flexibility index (Phi) is 7.67. The van der Waals surface area contributed by atoms with E-state index >= 15 is 0 Å². The molecule has 0 radical (unpaired) electrons. The van der Waals surface area contributed by atoms with E-state index < -0.39 is 0 Å². The number of benzene rings is 2. The van der Waals surface area contributed by atoms with Gasteiger partial charge in [-0.05, 0) is 60.1 Å². The summed E-state index contributed by atoms with van der Waals surface area (Å²) in [6, 6.07) is 22.6. The van der Waals surface area contributed by atoms with Crippen LogP contribution in [-0.4, -0.2) is 17.4 Å². The molecule has 0 aliphatic rings. The summed E-state index contributed by atoms with van der Waals surface area (Å²) in [7, 11) is 0. The zero-order valence-corrected chi connectivity index (χ0v) is 18.4. The maximum atomic E-state index is 4.70. The molecule has 3 rings (SSSR count). The van der Waals surface area contributed by atoms with E-state index in [0.29, 0.717) is 11.8 Å². The second kappa shape index (κ2) is 10.6. The van der Waals surface area contributed by atoms with Crippen molar-refractivity contribution in [1.82, 2.24) is 4.98 Å². The molecule has 0 saturated heterocycles. The minimum atomic E-state index is 0.595. The first kappa shape index (κ1) is 21.6. The lowest BCUT2D eigenvalue weighted by Crippen LogP contribution is -1.96. The fourth-order valence-corrected chi connectivity index (χ4v) is 3.38. The van der Waals surface area contributed by atoms with Gasteiger partial charge in [-0.25, -0.2) is 4.98 Å². The van der Waals surface area contributed by atoms with Gasteiger partial charge in [-0.2, -0.15) is 0 Å². The lowest BCUT2D eigenvalue weighted by atomic mass is 10.0. The normalized spacial score (nSPS) is 11.9. The molecule has 0 saturated carbocycles. The molecule has 0 aliphatic carbocycles. The monoisotopic (exact) mass is 397 g/mol. The molecule has 3 aromatic rings. The standard InChI is InChI=1S/C27H31N3/c1-20(2)16-22-10-5-7-14-26(22)28-18-24-12-9-13-25(30-24)19-29-27-15-8-6-11-23(27)17-21(3)4/h5-15,18-21H,16-17H2,1-4H3. The zero-order valence-electron chi connectivity index (χ0n) is 18.4. The SMILES string of the molecule is CC(C)Cc1ccccc1N=Cc1cccc(C=Nc2ccccc2CC(C)C)n1. The summed E-state index contributed by atoms with van der Waals surface area (Å²) in [4.78, 5) is 14.1. The van der Waals surface area contributed by atoms with Crippen LogP contribution in [0.15, 0.2) is 76.7 Å². The van der Waals surface area contributed by atoms with Crippen molar-refractivity contribution >= 4 is 23.8 Å². The van der Waals surface area contributed by atoms with Crippen LogP contribution in [0.1, 0.15) is 50.2 Å². The summed E-state index contributed by atoms with van der Waals surface area (Å²) in [5.41, 5.74) is 6.21. The van der Waals surface area contributed by atoms with Crippen LogP contribution >= 0.6 is 0 Å². The molecule has 0 aliphatic heterocycles. The van der Waals surface area contributed by atoms with Crippen LogP contribution in [0.2, 0.25) is 0 Å². The van der Waals surface area contributed by atoms with Crippen LogP contribution < -0.4 is 0 Å². The predicted molar refractivity (Wildman–Crippen MR) is 129 cm³/mol. The molecule has 30 heavy (non-hydrogen) atoms. The Balaban J connectivity index is 1.78. The van der Waals surface area contributed by atoms with Crippen molar-refractivity contribution in [1.29, 1.82) is 0 Å². The van der Waals surface area contributed by atoms with Gasteiger partial charge in [0, 0.05) is 0 Å². The van der Waals surface area contributed by atoms with Crippen LogP contribution in [0.25, 0.3) is 0 Å². The molecule has 1 aromatic heterocycles. The molecular formula is C27H31N3. The van der Waals surface area contributed by atoms with E-state index in [0.717, 1.165) is 35.6 Å². The first-order valence-corrected chi connectivity index (χ1v) is 10.7. The maximum absolute atomic E-state index is 4.70. The van der Waals surface area contributed by atoms with E-state index in [9.17, 15) is 0 Å². The van der Waals surface area contributed by atoms with Gasteiger partial charge in [-0.15, -0.1) is 0 Å². The van der Waals surface area contributed by atoms with Crippen molar-refractivity contribution in [2.75, 3.05) is 0 Å². The van der Waals surface area contributed by atoms with Crippen molar-refractivity contribution in [2.45, 2.75) is 40.5 Å².